The molecule has 0 unspecified atom stereocenters. The maximum Gasteiger partial charge on any atom is 0.288 e. The number of hydrazine groups is 1. The maximum absolute atomic E-state index is 12.2. The van der Waals surface area contributed by atoms with Gasteiger partial charge in [0.1, 0.15) is 6.04 Å². The second-order valence-corrected chi connectivity index (χ2v) is 5.08. The van der Waals surface area contributed by atoms with Gasteiger partial charge >= 0.3 is 0 Å². The predicted molar refractivity (Wildman–Crippen MR) is 88.1 cm³/mol. The van der Waals surface area contributed by atoms with Crippen molar-refractivity contribution in [2.75, 3.05) is 24.8 Å². The average Bonchev–Trinajstić information content (AvgIpc) is 2.57. The second kappa shape index (κ2) is 8.28. The highest BCUT2D eigenvalue weighted by molar-refractivity contribution is 6.39. The Labute approximate surface area is 135 Å². The third kappa shape index (κ3) is 4.53. The summed E-state index contributed by atoms with van der Waals surface area (Å²) in [6.45, 7) is 5.35. The van der Waals surface area contributed by atoms with Crippen molar-refractivity contribution in [2.24, 2.45) is 4.99 Å². The van der Waals surface area contributed by atoms with Gasteiger partial charge in [-0.2, -0.15) is 0 Å². The zero-order chi connectivity index (χ0) is 16.7. The monoisotopic (exact) mass is 318 g/mol. The molecular weight excluding hydrogens is 296 g/mol. The minimum absolute atomic E-state index is 0.136. The molecule has 2 N–H and O–H groups in total. The van der Waals surface area contributed by atoms with Gasteiger partial charge in [-0.3, -0.25) is 15.0 Å². The van der Waals surface area contributed by atoms with E-state index < -0.39 is 6.04 Å². The largest absolute Gasteiger partial charge is 0.382 e. The molecule has 2 rings (SSSR count). The van der Waals surface area contributed by atoms with E-state index in [9.17, 15) is 9.59 Å². The van der Waals surface area contributed by atoms with Crippen LogP contribution in [0.3, 0.4) is 0 Å². The van der Waals surface area contributed by atoms with Gasteiger partial charge in [-0.1, -0.05) is 18.2 Å². The summed E-state index contributed by atoms with van der Waals surface area (Å²) in [6, 6.07) is 8.49. The van der Waals surface area contributed by atoms with Gasteiger partial charge in [0.15, 0.2) is 0 Å². The number of rotatable bonds is 7. The van der Waals surface area contributed by atoms with Gasteiger partial charge in [-0.25, -0.2) is 10.0 Å². The number of carbonyl (C=O) groups excluding carboxylic acids is 2. The number of nitrogens with one attached hydrogen (secondary N) is 2. The molecule has 7 nitrogen and oxygen atoms in total. The number of carbonyl (C=O) groups is 2. The van der Waals surface area contributed by atoms with Crippen LogP contribution in [-0.4, -0.2) is 43.5 Å². The molecule has 1 aromatic rings. The number of aliphatic imine (C=N–C) groups is 1. The van der Waals surface area contributed by atoms with Gasteiger partial charge in [0.2, 0.25) is 5.84 Å². The molecule has 1 heterocycles. The number of benzene rings is 1. The summed E-state index contributed by atoms with van der Waals surface area (Å²) in [6.07, 6.45) is 0.726. The van der Waals surface area contributed by atoms with Crippen LogP contribution in [-0.2, 0) is 14.3 Å². The zero-order valence-electron chi connectivity index (χ0n) is 13.4. The topological polar surface area (TPSA) is 83.0 Å². The van der Waals surface area contributed by atoms with Gasteiger partial charge in [0.25, 0.3) is 11.8 Å². The molecule has 0 saturated carbocycles. The lowest BCUT2D eigenvalue weighted by molar-refractivity contribution is -0.120. The Balaban J connectivity index is 1.98. The van der Waals surface area contributed by atoms with E-state index in [1.54, 1.807) is 19.1 Å². The normalized spacial score (nSPS) is 17.5. The molecule has 0 radical (unpaired) electrons. The zero-order valence-corrected chi connectivity index (χ0v) is 13.4. The number of hydrogen-bond acceptors (Lipinski definition) is 5. The molecule has 1 atom stereocenters. The van der Waals surface area contributed by atoms with Crippen molar-refractivity contribution in [2.45, 2.75) is 26.3 Å². The summed E-state index contributed by atoms with van der Waals surface area (Å²) < 4.78 is 5.22. The Morgan fingerprint density at radius 1 is 1.39 bits per heavy atom. The second-order valence-electron chi connectivity index (χ2n) is 5.08. The predicted octanol–water partition coefficient (Wildman–Crippen LogP) is 0.868. The summed E-state index contributed by atoms with van der Waals surface area (Å²) >= 11 is 0. The van der Waals surface area contributed by atoms with Crippen LogP contribution in [0.15, 0.2) is 35.3 Å². The number of amidine groups is 1. The minimum Gasteiger partial charge on any atom is -0.382 e. The fourth-order valence-electron chi connectivity index (χ4n) is 2.11. The number of para-hydroxylation sites is 1. The molecule has 23 heavy (non-hydrogen) atoms. The standard InChI is InChI=1S/C16H22N4O3/c1-3-23-11-7-10-17-15(21)14-18-12(2)16(22)20(19-14)13-8-5-4-6-9-13/h4-6,8-9,12H,3,7,10-11H2,1-2H3,(H,17,21)(H,18,19)/t12-/m0/s1. The number of amides is 2. The Morgan fingerprint density at radius 3 is 2.83 bits per heavy atom. The van der Waals surface area contributed by atoms with Gasteiger partial charge < -0.3 is 10.1 Å². The van der Waals surface area contributed by atoms with E-state index in [1.165, 1.54) is 5.01 Å². The minimum atomic E-state index is -0.611. The van der Waals surface area contributed by atoms with Crippen LogP contribution in [0.25, 0.3) is 0 Å². The van der Waals surface area contributed by atoms with E-state index in [2.05, 4.69) is 15.7 Å². The molecule has 0 aromatic heterocycles. The maximum atomic E-state index is 12.2. The van der Waals surface area contributed by atoms with Crippen molar-refractivity contribution < 1.29 is 14.3 Å². The highest BCUT2D eigenvalue weighted by atomic mass is 16.5. The lowest BCUT2D eigenvalue weighted by Gasteiger charge is -2.30. The molecule has 0 fully saturated rings. The van der Waals surface area contributed by atoms with E-state index in [0.717, 1.165) is 6.42 Å². The molecule has 1 aliphatic rings. The molecule has 0 bridgehead atoms. The van der Waals surface area contributed by atoms with Crippen LogP contribution >= 0.6 is 0 Å². The SMILES string of the molecule is CCOCCCNC(=O)C1=N[C@@H](C)C(=O)N(c2ccccc2)N1. The lowest BCUT2D eigenvalue weighted by Crippen LogP contribution is -2.58. The van der Waals surface area contributed by atoms with Gasteiger partial charge in [-0.05, 0) is 32.4 Å². The first-order chi connectivity index (χ1) is 11.1. The van der Waals surface area contributed by atoms with Crippen LogP contribution in [0.2, 0.25) is 0 Å². The number of anilines is 1. The third-order valence-corrected chi connectivity index (χ3v) is 3.30. The number of ether oxygens (including phenoxy) is 1. The molecule has 1 aromatic carbocycles. The fraction of sp³-hybridized carbons (Fsp3) is 0.438. The summed E-state index contributed by atoms with van der Waals surface area (Å²) in [5.41, 5.74) is 3.46. The van der Waals surface area contributed by atoms with Crippen molar-refractivity contribution in [3.63, 3.8) is 0 Å². The van der Waals surface area contributed by atoms with Crippen LogP contribution in [0.5, 0.6) is 0 Å². The molecule has 124 valence electrons. The van der Waals surface area contributed by atoms with Gasteiger partial charge in [0, 0.05) is 19.8 Å². The number of hydrogen-bond donors (Lipinski definition) is 2. The summed E-state index contributed by atoms with van der Waals surface area (Å²) in [7, 11) is 0. The van der Waals surface area contributed by atoms with Crippen molar-refractivity contribution in [3.05, 3.63) is 30.3 Å². The van der Waals surface area contributed by atoms with Crippen molar-refractivity contribution in [1.82, 2.24) is 10.7 Å². The molecule has 0 aliphatic carbocycles. The van der Waals surface area contributed by atoms with Crippen LogP contribution in [0.4, 0.5) is 5.69 Å². The van der Waals surface area contributed by atoms with Crippen molar-refractivity contribution in [1.29, 1.82) is 0 Å². The van der Waals surface area contributed by atoms with Crippen molar-refractivity contribution >= 4 is 23.3 Å². The Hall–Kier alpha value is -2.41. The van der Waals surface area contributed by atoms with E-state index in [0.29, 0.717) is 25.4 Å². The molecule has 0 saturated heterocycles. The molecular formula is C16H22N4O3. The summed E-state index contributed by atoms with van der Waals surface area (Å²) in [5, 5.41) is 4.12. The highest BCUT2D eigenvalue weighted by Crippen LogP contribution is 2.15. The van der Waals surface area contributed by atoms with E-state index in [4.69, 9.17) is 4.74 Å². The first-order valence-corrected chi connectivity index (χ1v) is 7.73. The first-order valence-electron chi connectivity index (χ1n) is 7.73. The molecule has 7 heteroatoms. The summed E-state index contributed by atoms with van der Waals surface area (Å²) in [4.78, 5) is 28.5. The molecule has 2 amide bonds. The quantitative estimate of drug-likeness (QED) is 0.731. The molecule has 1 aliphatic heterocycles. The Morgan fingerprint density at radius 2 is 2.13 bits per heavy atom. The summed E-state index contributed by atoms with van der Waals surface area (Å²) in [5.74, 6) is -0.400. The van der Waals surface area contributed by atoms with Crippen molar-refractivity contribution in [3.8, 4) is 0 Å². The fourth-order valence-corrected chi connectivity index (χ4v) is 2.11. The Bertz CT molecular complexity index is 574. The average molecular weight is 318 g/mol. The Kier molecular flexibility index (Phi) is 6.10. The first kappa shape index (κ1) is 17.0. The van der Waals surface area contributed by atoms with Crippen LogP contribution in [0.1, 0.15) is 20.3 Å². The molecule has 0 spiro atoms. The van der Waals surface area contributed by atoms with Gasteiger partial charge in [-0.15, -0.1) is 0 Å². The van der Waals surface area contributed by atoms with E-state index in [-0.39, 0.29) is 17.6 Å². The lowest BCUT2D eigenvalue weighted by atomic mass is 10.2. The third-order valence-electron chi connectivity index (χ3n) is 3.30. The van der Waals surface area contributed by atoms with E-state index in [1.807, 2.05) is 25.1 Å². The smallest absolute Gasteiger partial charge is 0.288 e. The van der Waals surface area contributed by atoms with E-state index >= 15 is 0 Å². The van der Waals surface area contributed by atoms with Crippen LogP contribution in [0, 0.1) is 0 Å². The highest BCUT2D eigenvalue weighted by Gasteiger charge is 2.30. The number of nitrogens with zero attached hydrogens (tertiary/aromatic N) is 2. The van der Waals surface area contributed by atoms with Crippen LogP contribution < -0.4 is 15.8 Å². The van der Waals surface area contributed by atoms with Gasteiger partial charge in [0.05, 0.1) is 5.69 Å².